The standard InChI is InChI=1S/C30H30O12P2S4/c31-45(32,33)25-13-5-1-9-21(25)29(43,22-10-2-6-14-26(22)46(34,35)36)19-17-18-20(19)30(44,23-11-3-7-15-27(23)47(37,38)39)24-12-4-8-16-28(24)48(40,41)42/h1-16,19-20H,17-18,43-44H2,(H,31,32,33)(H,34,35,36)(H,37,38,39)(H,40,41,42). The van der Waals surface area contributed by atoms with Crippen LogP contribution in [0.4, 0.5) is 0 Å². The molecule has 4 unspecified atom stereocenters. The van der Waals surface area contributed by atoms with Gasteiger partial charge < -0.3 is 0 Å². The number of hydrogen-bond acceptors (Lipinski definition) is 8. The van der Waals surface area contributed by atoms with E-state index >= 15 is 0 Å². The van der Waals surface area contributed by atoms with Gasteiger partial charge in [-0.2, -0.15) is 33.7 Å². The lowest BCUT2D eigenvalue weighted by Gasteiger charge is -2.56. The van der Waals surface area contributed by atoms with Crippen LogP contribution >= 0.6 is 18.5 Å². The maximum absolute atomic E-state index is 12.8. The minimum absolute atomic E-state index is 0.0956. The topological polar surface area (TPSA) is 217 Å². The van der Waals surface area contributed by atoms with Crippen molar-refractivity contribution in [2.45, 2.75) is 42.7 Å². The molecule has 1 aliphatic carbocycles. The number of rotatable bonds is 10. The van der Waals surface area contributed by atoms with Crippen molar-refractivity contribution in [1.82, 2.24) is 0 Å². The van der Waals surface area contributed by atoms with Crippen molar-refractivity contribution >= 4 is 59.0 Å². The summed E-state index contributed by atoms with van der Waals surface area (Å²) in [5.74, 6) is -1.84. The van der Waals surface area contributed by atoms with Gasteiger partial charge in [0.05, 0.1) is 19.6 Å². The molecule has 48 heavy (non-hydrogen) atoms. The molecule has 0 spiro atoms. The molecule has 0 aromatic heterocycles. The van der Waals surface area contributed by atoms with Gasteiger partial charge in [-0.15, -0.1) is 18.5 Å². The van der Waals surface area contributed by atoms with Crippen LogP contribution in [-0.2, 0) is 50.8 Å². The molecular formula is C30H30O12P2S4. The predicted molar refractivity (Wildman–Crippen MR) is 182 cm³/mol. The molecule has 0 amide bonds. The summed E-state index contributed by atoms with van der Waals surface area (Å²) in [6.45, 7) is 0. The first-order valence-corrected chi connectivity index (χ1v) is 20.9. The van der Waals surface area contributed by atoms with Gasteiger partial charge in [-0.25, -0.2) is 0 Å². The highest BCUT2D eigenvalue weighted by Gasteiger charge is 2.58. The van der Waals surface area contributed by atoms with Crippen molar-refractivity contribution in [3.05, 3.63) is 119 Å². The van der Waals surface area contributed by atoms with Gasteiger partial charge in [0, 0.05) is 10.3 Å². The van der Waals surface area contributed by atoms with Gasteiger partial charge in [-0.3, -0.25) is 18.2 Å². The summed E-state index contributed by atoms with van der Waals surface area (Å²) in [4.78, 5) is -2.33. The molecule has 0 heterocycles. The average Bonchev–Trinajstić information content (AvgIpc) is 2.98. The van der Waals surface area contributed by atoms with E-state index in [1.807, 2.05) is 0 Å². The van der Waals surface area contributed by atoms with Crippen LogP contribution in [-0.4, -0.2) is 51.9 Å². The van der Waals surface area contributed by atoms with Gasteiger partial charge >= 0.3 is 0 Å². The number of hydrogen-bond donors (Lipinski definition) is 4. The van der Waals surface area contributed by atoms with Gasteiger partial charge in [0.2, 0.25) is 0 Å². The molecule has 18 heteroatoms. The molecular weight excluding hydrogens is 743 g/mol. The zero-order valence-electron chi connectivity index (χ0n) is 24.6. The fraction of sp³-hybridized carbons (Fsp3) is 0.200. The summed E-state index contributed by atoms with van der Waals surface area (Å²) in [5, 5.41) is -3.58. The Morgan fingerprint density at radius 2 is 0.604 bits per heavy atom. The Bertz CT molecular complexity index is 2040. The summed E-state index contributed by atoms with van der Waals surface area (Å²) in [6.07, 6.45) is 0.401. The highest BCUT2D eigenvalue weighted by molar-refractivity contribution is 7.86. The molecule has 1 fully saturated rings. The minimum Gasteiger partial charge on any atom is -0.282 e. The molecule has 0 radical (unpaired) electrons. The number of benzene rings is 4. The van der Waals surface area contributed by atoms with Crippen LogP contribution in [0.1, 0.15) is 35.1 Å². The zero-order chi connectivity index (χ0) is 35.5. The highest BCUT2D eigenvalue weighted by atomic mass is 32.2. The van der Waals surface area contributed by atoms with E-state index in [0.29, 0.717) is 0 Å². The Balaban J connectivity index is 1.94. The van der Waals surface area contributed by atoms with E-state index in [1.165, 1.54) is 72.8 Å². The molecule has 5 rings (SSSR count). The van der Waals surface area contributed by atoms with E-state index < -0.39 is 82.2 Å². The molecule has 4 aromatic carbocycles. The maximum Gasteiger partial charge on any atom is 0.294 e. The van der Waals surface area contributed by atoms with E-state index in [0.717, 1.165) is 24.3 Å². The first kappa shape index (κ1) is 36.7. The van der Waals surface area contributed by atoms with Crippen LogP contribution in [0.3, 0.4) is 0 Å². The van der Waals surface area contributed by atoms with Gasteiger partial charge in [-0.1, -0.05) is 72.8 Å². The molecule has 4 atom stereocenters. The molecule has 4 aromatic rings. The molecule has 0 saturated heterocycles. The Hall–Kier alpha value is -2.62. The van der Waals surface area contributed by atoms with Crippen molar-refractivity contribution in [1.29, 1.82) is 0 Å². The molecule has 0 aliphatic heterocycles. The van der Waals surface area contributed by atoms with Gasteiger partial charge in [-0.05, 0) is 71.2 Å². The summed E-state index contributed by atoms with van der Waals surface area (Å²) in [5.41, 5.74) is -0.382. The second-order valence-electron chi connectivity index (χ2n) is 11.4. The van der Waals surface area contributed by atoms with Crippen LogP contribution in [0, 0.1) is 11.8 Å². The minimum atomic E-state index is -4.96. The van der Waals surface area contributed by atoms with Crippen molar-refractivity contribution in [2.75, 3.05) is 0 Å². The summed E-state index contributed by atoms with van der Waals surface area (Å²) < 4.78 is 143. The SMILES string of the molecule is O=S(=O)(O)c1ccccc1C(P)(c1ccccc1S(=O)(=O)O)C1CCC1C(P)(c1ccccc1S(=O)(=O)O)c1ccccc1S(=O)(=O)O. The predicted octanol–water partition coefficient (Wildman–Crippen LogP) is 4.64. The molecule has 1 saturated carbocycles. The summed E-state index contributed by atoms with van der Waals surface area (Å²) in [6, 6.07) is 21.1. The van der Waals surface area contributed by atoms with E-state index in [1.54, 1.807) is 0 Å². The smallest absolute Gasteiger partial charge is 0.282 e. The Kier molecular flexibility index (Phi) is 9.63. The highest BCUT2D eigenvalue weighted by Crippen LogP contribution is 2.65. The first-order valence-electron chi connectivity index (χ1n) is 14.0. The third kappa shape index (κ3) is 6.39. The van der Waals surface area contributed by atoms with Crippen LogP contribution in [0.25, 0.3) is 0 Å². The average molecular weight is 773 g/mol. The molecule has 0 bridgehead atoms. The van der Waals surface area contributed by atoms with Gasteiger partial charge in [0.1, 0.15) is 0 Å². The molecule has 256 valence electrons. The van der Waals surface area contributed by atoms with E-state index in [-0.39, 0.29) is 35.1 Å². The Morgan fingerprint density at radius 3 is 0.771 bits per heavy atom. The Labute approximate surface area is 283 Å². The first-order chi connectivity index (χ1) is 22.1. The molecule has 1 aliphatic rings. The third-order valence-electron chi connectivity index (χ3n) is 8.89. The van der Waals surface area contributed by atoms with Crippen LogP contribution in [0.5, 0.6) is 0 Å². The lowest BCUT2D eigenvalue weighted by Crippen LogP contribution is -2.51. The van der Waals surface area contributed by atoms with Crippen LogP contribution in [0.2, 0.25) is 0 Å². The van der Waals surface area contributed by atoms with Gasteiger partial charge in [0.25, 0.3) is 40.5 Å². The normalized spacial score (nSPS) is 17.9. The monoisotopic (exact) mass is 772 g/mol. The van der Waals surface area contributed by atoms with Crippen molar-refractivity contribution in [3.8, 4) is 0 Å². The lowest BCUT2D eigenvalue weighted by atomic mass is 9.56. The van der Waals surface area contributed by atoms with E-state index in [9.17, 15) is 51.9 Å². The van der Waals surface area contributed by atoms with Crippen LogP contribution < -0.4 is 0 Å². The second kappa shape index (κ2) is 12.6. The molecule has 4 N–H and O–H groups in total. The van der Waals surface area contributed by atoms with Crippen molar-refractivity contribution < 1.29 is 51.9 Å². The largest absolute Gasteiger partial charge is 0.294 e. The van der Waals surface area contributed by atoms with Crippen LogP contribution in [0.15, 0.2) is 117 Å². The van der Waals surface area contributed by atoms with E-state index in [2.05, 4.69) is 18.5 Å². The lowest BCUT2D eigenvalue weighted by molar-refractivity contribution is 0.105. The quantitative estimate of drug-likeness (QED) is 0.128. The summed E-state index contributed by atoms with van der Waals surface area (Å²) >= 11 is 0. The molecule has 12 nitrogen and oxygen atoms in total. The maximum atomic E-state index is 12.8. The fourth-order valence-corrected chi connectivity index (χ4v) is 12.1. The van der Waals surface area contributed by atoms with E-state index in [4.69, 9.17) is 0 Å². The van der Waals surface area contributed by atoms with Crippen molar-refractivity contribution in [2.24, 2.45) is 11.8 Å². The van der Waals surface area contributed by atoms with Crippen molar-refractivity contribution in [3.63, 3.8) is 0 Å². The fourth-order valence-electron chi connectivity index (χ4n) is 6.81. The summed E-state index contributed by atoms with van der Waals surface area (Å²) in [7, 11) is -14.9. The second-order valence-corrected chi connectivity index (χ2v) is 18.8. The van der Waals surface area contributed by atoms with Gasteiger partial charge in [0.15, 0.2) is 0 Å². The third-order valence-corrected chi connectivity index (χ3v) is 14.6. The zero-order valence-corrected chi connectivity index (χ0v) is 30.2. The Morgan fingerprint density at radius 1 is 0.417 bits per heavy atom.